The average Bonchev–Trinajstić information content (AvgIpc) is 2.06. The lowest BCUT2D eigenvalue weighted by molar-refractivity contribution is 0.0984. The molecule has 0 amide bonds. The molecule has 55 valence electrons. The van der Waals surface area contributed by atoms with E-state index in [1.807, 2.05) is 12.1 Å². The van der Waals surface area contributed by atoms with E-state index in [1.54, 1.807) is 6.07 Å². The van der Waals surface area contributed by atoms with Crippen LogP contribution in [0.5, 0.6) is 0 Å². The van der Waals surface area contributed by atoms with Gasteiger partial charge in [0.05, 0.1) is 0 Å². The molecule has 0 spiro atoms. The van der Waals surface area contributed by atoms with Gasteiger partial charge in [-0.05, 0) is 18.2 Å². The lowest BCUT2D eigenvalue weighted by Gasteiger charge is -2.15. The number of hydrogen-bond donors (Lipinski definition) is 1. The van der Waals surface area contributed by atoms with Crippen LogP contribution in [-0.4, -0.2) is 12.3 Å². The monoisotopic (exact) mass is 146 g/mol. The predicted molar refractivity (Wildman–Crippen MR) is 42.7 cm³/mol. The summed E-state index contributed by atoms with van der Waals surface area (Å²) < 4.78 is 0. The minimum atomic E-state index is 0.218. The lowest BCUT2D eigenvalue weighted by atomic mass is 10.0. The molecule has 0 aromatic heterocycles. The zero-order chi connectivity index (χ0) is 7.68. The van der Waals surface area contributed by atoms with Gasteiger partial charge in [0.1, 0.15) is 0 Å². The molecular weight excluding hydrogens is 138 g/mol. The van der Waals surface area contributed by atoms with Crippen LogP contribution in [0.25, 0.3) is 0 Å². The van der Waals surface area contributed by atoms with Crippen molar-refractivity contribution in [1.82, 2.24) is 0 Å². The van der Waals surface area contributed by atoms with Crippen molar-refractivity contribution in [1.29, 1.82) is 0 Å². The molecule has 1 aliphatic rings. The molecule has 1 aromatic carbocycles. The predicted octanol–water partition coefficient (Wildman–Crippen LogP) is 1.49. The van der Waals surface area contributed by atoms with Crippen molar-refractivity contribution in [2.24, 2.45) is 0 Å². The third-order valence-corrected chi connectivity index (χ3v) is 1.83. The third-order valence-electron chi connectivity index (χ3n) is 1.83. The smallest absolute Gasteiger partial charge is 0.166 e. The second kappa shape index (κ2) is 2.38. The summed E-state index contributed by atoms with van der Waals surface area (Å²) in [5.41, 5.74) is 1.72. The fourth-order valence-corrected chi connectivity index (χ4v) is 1.26. The van der Waals surface area contributed by atoms with Gasteiger partial charge in [-0.15, -0.1) is 0 Å². The van der Waals surface area contributed by atoms with Gasteiger partial charge in [-0.25, -0.2) is 0 Å². The Morgan fingerprint density at radius 3 is 3.27 bits per heavy atom. The number of rotatable bonds is 0. The normalized spacial score (nSPS) is 15.5. The highest BCUT2D eigenvalue weighted by Crippen LogP contribution is 2.19. The van der Waals surface area contributed by atoms with Crippen LogP contribution in [-0.2, 0) is 0 Å². The van der Waals surface area contributed by atoms with E-state index in [0.717, 1.165) is 17.8 Å². The highest BCUT2D eigenvalue weighted by Gasteiger charge is 2.14. The van der Waals surface area contributed by atoms with E-state index < -0.39 is 0 Å². The molecule has 0 saturated heterocycles. The Kier molecular flexibility index (Phi) is 1.39. The fourth-order valence-electron chi connectivity index (χ4n) is 1.26. The number of ketones is 1. The van der Waals surface area contributed by atoms with Crippen molar-refractivity contribution in [3.63, 3.8) is 0 Å². The van der Waals surface area contributed by atoms with Crippen LogP contribution in [0.1, 0.15) is 16.8 Å². The van der Waals surface area contributed by atoms with Crippen LogP contribution in [0.15, 0.2) is 18.2 Å². The Morgan fingerprint density at radius 1 is 1.55 bits per heavy atom. The average molecular weight is 146 g/mol. The lowest BCUT2D eigenvalue weighted by Crippen LogP contribution is -2.17. The number of fused-ring (bicyclic) bond motifs is 1. The standard InChI is InChI=1S/C9H8NO/c11-9-5-6-10-8-4-2-1-3-7(8)9/h2-4,10H,5-6H2. The molecule has 1 heterocycles. The molecule has 0 fully saturated rings. The SMILES string of the molecule is O=C1CCNc2cc[c]cc21. The molecule has 0 unspecified atom stereocenters. The maximum Gasteiger partial charge on any atom is 0.166 e. The summed E-state index contributed by atoms with van der Waals surface area (Å²) in [5, 5.41) is 3.15. The van der Waals surface area contributed by atoms with Crippen LogP contribution in [0.4, 0.5) is 5.69 Å². The van der Waals surface area contributed by atoms with E-state index in [-0.39, 0.29) is 5.78 Å². The summed E-state index contributed by atoms with van der Waals surface area (Å²) in [7, 11) is 0. The van der Waals surface area contributed by atoms with Gasteiger partial charge >= 0.3 is 0 Å². The van der Waals surface area contributed by atoms with E-state index in [9.17, 15) is 4.79 Å². The largest absolute Gasteiger partial charge is 0.384 e. The van der Waals surface area contributed by atoms with E-state index >= 15 is 0 Å². The molecular formula is C9H8NO. The first-order chi connectivity index (χ1) is 5.38. The minimum absolute atomic E-state index is 0.218. The van der Waals surface area contributed by atoms with E-state index in [1.165, 1.54) is 0 Å². The fraction of sp³-hybridized carbons (Fsp3) is 0.222. The maximum absolute atomic E-state index is 11.2. The zero-order valence-corrected chi connectivity index (χ0v) is 6.05. The van der Waals surface area contributed by atoms with Gasteiger partial charge < -0.3 is 5.32 Å². The van der Waals surface area contributed by atoms with Crippen LogP contribution >= 0.6 is 0 Å². The number of benzene rings is 1. The number of nitrogens with one attached hydrogen (secondary N) is 1. The molecule has 1 aliphatic heterocycles. The molecule has 2 heteroatoms. The summed E-state index contributed by atoms with van der Waals surface area (Å²) in [6, 6.07) is 8.32. The Bertz CT molecular complexity index is 293. The van der Waals surface area contributed by atoms with E-state index in [2.05, 4.69) is 11.4 Å². The molecule has 2 nitrogen and oxygen atoms in total. The number of Topliss-reactive ketones (excluding diaryl/α,β-unsaturated/α-hetero) is 1. The van der Waals surface area contributed by atoms with Crippen molar-refractivity contribution in [3.05, 3.63) is 29.8 Å². The van der Waals surface area contributed by atoms with Gasteiger partial charge in [0.15, 0.2) is 5.78 Å². The molecule has 1 N–H and O–H groups in total. The molecule has 11 heavy (non-hydrogen) atoms. The van der Waals surface area contributed by atoms with Gasteiger partial charge in [-0.1, -0.05) is 6.07 Å². The molecule has 1 radical (unpaired) electrons. The maximum atomic E-state index is 11.2. The Morgan fingerprint density at radius 2 is 2.45 bits per heavy atom. The van der Waals surface area contributed by atoms with Crippen molar-refractivity contribution in [2.45, 2.75) is 6.42 Å². The highest BCUT2D eigenvalue weighted by atomic mass is 16.1. The van der Waals surface area contributed by atoms with Crippen molar-refractivity contribution >= 4 is 11.5 Å². The van der Waals surface area contributed by atoms with Gasteiger partial charge in [0, 0.05) is 24.2 Å². The number of carbonyl (C=O) groups is 1. The summed E-state index contributed by atoms with van der Waals surface area (Å²) >= 11 is 0. The van der Waals surface area contributed by atoms with Gasteiger partial charge in [0.25, 0.3) is 0 Å². The second-order valence-electron chi connectivity index (χ2n) is 2.57. The Balaban J connectivity index is 2.52. The second-order valence-corrected chi connectivity index (χ2v) is 2.57. The molecule has 0 saturated carbocycles. The summed E-state index contributed by atoms with van der Waals surface area (Å²) in [4.78, 5) is 11.2. The first-order valence-electron chi connectivity index (χ1n) is 3.65. The number of carbonyl (C=O) groups excluding carboxylic acids is 1. The van der Waals surface area contributed by atoms with Crippen LogP contribution in [0.3, 0.4) is 0 Å². The molecule has 0 atom stereocenters. The highest BCUT2D eigenvalue weighted by molar-refractivity contribution is 6.02. The molecule has 0 bridgehead atoms. The Labute approximate surface area is 65.2 Å². The van der Waals surface area contributed by atoms with Crippen LogP contribution in [0.2, 0.25) is 0 Å². The van der Waals surface area contributed by atoms with Gasteiger partial charge in [-0.3, -0.25) is 4.79 Å². The first-order valence-corrected chi connectivity index (χ1v) is 3.65. The van der Waals surface area contributed by atoms with E-state index in [4.69, 9.17) is 0 Å². The van der Waals surface area contributed by atoms with Crippen molar-refractivity contribution in [2.75, 3.05) is 11.9 Å². The quantitative estimate of drug-likeness (QED) is 0.600. The summed E-state index contributed by atoms with van der Waals surface area (Å²) in [6.07, 6.45) is 0.602. The van der Waals surface area contributed by atoms with Crippen molar-refractivity contribution < 1.29 is 4.79 Å². The number of anilines is 1. The molecule has 1 aromatic rings. The first kappa shape index (κ1) is 6.40. The zero-order valence-electron chi connectivity index (χ0n) is 6.05. The molecule has 2 rings (SSSR count). The Hall–Kier alpha value is -1.31. The third kappa shape index (κ3) is 1.00. The van der Waals surface area contributed by atoms with E-state index in [0.29, 0.717) is 6.42 Å². The van der Waals surface area contributed by atoms with Gasteiger partial charge in [0.2, 0.25) is 0 Å². The topological polar surface area (TPSA) is 29.1 Å². The molecule has 0 aliphatic carbocycles. The van der Waals surface area contributed by atoms with Crippen LogP contribution in [0, 0.1) is 6.07 Å². The minimum Gasteiger partial charge on any atom is -0.384 e. The van der Waals surface area contributed by atoms with Crippen LogP contribution < -0.4 is 5.32 Å². The summed E-state index contributed by atoms with van der Waals surface area (Å²) in [6.45, 7) is 0.760. The van der Waals surface area contributed by atoms with Crippen molar-refractivity contribution in [3.8, 4) is 0 Å². The number of hydrogen-bond acceptors (Lipinski definition) is 2. The van der Waals surface area contributed by atoms with Gasteiger partial charge in [-0.2, -0.15) is 0 Å². The summed E-state index contributed by atoms with van der Waals surface area (Å²) in [5.74, 6) is 0.218.